The summed E-state index contributed by atoms with van der Waals surface area (Å²) in [6, 6.07) is 4.55. The van der Waals surface area contributed by atoms with Crippen LogP contribution < -0.4 is 5.32 Å². The molecule has 1 rings (SSSR count). The van der Waals surface area contributed by atoms with E-state index < -0.39 is 30.0 Å². The van der Waals surface area contributed by atoms with E-state index in [-0.39, 0.29) is 12.0 Å². The zero-order valence-corrected chi connectivity index (χ0v) is 10.1. The Morgan fingerprint density at radius 3 is 2.42 bits per heavy atom. The highest BCUT2D eigenvalue weighted by Gasteiger charge is 2.42. The summed E-state index contributed by atoms with van der Waals surface area (Å²) < 4.78 is 49.9. The summed E-state index contributed by atoms with van der Waals surface area (Å²) in [5.74, 6) is -2.18. The molecule has 0 amide bonds. The van der Waals surface area contributed by atoms with Crippen LogP contribution in [0.2, 0.25) is 0 Å². The van der Waals surface area contributed by atoms with Gasteiger partial charge in [-0.3, -0.25) is 5.32 Å². The zero-order chi connectivity index (χ0) is 14.7. The molecule has 0 aliphatic rings. The standard InChI is InChI=1S/C12H13F4NO2/c1-2-11(10(18)19,17-7-12(14,15)16)8-4-3-5-9(13)6-8/h3-6,17H,2,7H2,1H3,(H,18,19). The predicted octanol–water partition coefficient (Wildman–Crippen LogP) is 2.67. The van der Waals surface area contributed by atoms with Gasteiger partial charge in [0, 0.05) is 0 Å². The Morgan fingerprint density at radius 2 is 2.00 bits per heavy atom. The van der Waals surface area contributed by atoms with Crippen LogP contribution in [-0.2, 0) is 10.3 Å². The molecule has 106 valence electrons. The van der Waals surface area contributed by atoms with E-state index in [2.05, 4.69) is 0 Å². The Hall–Kier alpha value is -1.63. The SMILES string of the molecule is CCC(NCC(F)(F)F)(C(=O)O)c1cccc(F)c1. The molecule has 0 fully saturated rings. The molecule has 1 unspecified atom stereocenters. The number of benzene rings is 1. The van der Waals surface area contributed by atoms with E-state index in [1.807, 2.05) is 5.32 Å². The first-order valence-corrected chi connectivity index (χ1v) is 5.52. The van der Waals surface area contributed by atoms with Gasteiger partial charge >= 0.3 is 12.1 Å². The van der Waals surface area contributed by atoms with E-state index in [0.717, 1.165) is 12.1 Å². The monoisotopic (exact) mass is 279 g/mol. The Morgan fingerprint density at radius 1 is 1.37 bits per heavy atom. The number of alkyl halides is 3. The molecule has 2 N–H and O–H groups in total. The first-order valence-electron chi connectivity index (χ1n) is 5.52. The number of carbonyl (C=O) groups is 1. The molecule has 0 heterocycles. The molecule has 0 aliphatic heterocycles. The molecule has 0 aliphatic carbocycles. The lowest BCUT2D eigenvalue weighted by Crippen LogP contribution is -2.51. The fourth-order valence-corrected chi connectivity index (χ4v) is 1.79. The highest BCUT2D eigenvalue weighted by atomic mass is 19.4. The highest BCUT2D eigenvalue weighted by Crippen LogP contribution is 2.27. The molecule has 0 saturated carbocycles. The van der Waals surface area contributed by atoms with Crippen molar-refractivity contribution in [1.82, 2.24) is 5.32 Å². The van der Waals surface area contributed by atoms with Crippen LogP contribution in [0.3, 0.4) is 0 Å². The normalized spacial score (nSPS) is 15.0. The fourth-order valence-electron chi connectivity index (χ4n) is 1.79. The van der Waals surface area contributed by atoms with Crippen LogP contribution in [-0.4, -0.2) is 23.8 Å². The van der Waals surface area contributed by atoms with Gasteiger partial charge in [0.05, 0.1) is 6.54 Å². The number of carboxylic acids is 1. The minimum Gasteiger partial charge on any atom is -0.480 e. The lowest BCUT2D eigenvalue weighted by atomic mass is 9.87. The zero-order valence-electron chi connectivity index (χ0n) is 10.1. The molecule has 0 saturated heterocycles. The molecule has 3 nitrogen and oxygen atoms in total. The van der Waals surface area contributed by atoms with Gasteiger partial charge in [-0.1, -0.05) is 19.1 Å². The Kier molecular flexibility index (Phi) is 4.52. The van der Waals surface area contributed by atoms with Gasteiger partial charge in [-0.05, 0) is 24.1 Å². The minimum absolute atomic E-state index is 0.0493. The second kappa shape index (κ2) is 5.56. The Bertz CT molecular complexity index is 461. The second-order valence-electron chi connectivity index (χ2n) is 4.04. The van der Waals surface area contributed by atoms with Crippen LogP contribution in [0.4, 0.5) is 17.6 Å². The van der Waals surface area contributed by atoms with E-state index in [9.17, 15) is 27.5 Å². The number of hydrogen-bond acceptors (Lipinski definition) is 2. The van der Waals surface area contributed by atoms with Crippen molar-refractivity contribution in [3.8, 4) is 0 Å². The van der Waals surface area contributed by atoms with Crippen LogP contribution in [0.5, 0.6) is 0 Å². The highest BCUT2D eigenvalue weighted by molar-refractivity contribution is 5.80. The van der Waals surface area contributed by atoms with Gasteiger partial charge in [0.1, 0.15) is 11.4 Å². The van der Waals surface area contributed by atoms with Crippen LogP contribution in [0.1, 0.15) is 18.9 Å². The summed E-state index contributed by atoms with van der Waals surface area (Å²) in [6.45, 7) is -0.0496. The largest absolute Gasteiger partial charge is 0.480 e. The van der Waals surface area contributed by atoms with E-state index in [0.29, 0.717) is 0 Å². The number of aliphatic carboxylic acids is 1. The minimum atomic E-state index is -4.55. The first-order chi connectivity index (χ1) is 8.71. The summed E-state index contributed by atoms with van der Waals surface area (Å²) >= 11 is 0. The van der Waals surface area contributed by atoms with E-state index in [1.54, 1.807) is 0 Å². The average Bonchev–Trinajstić information content (AvgIpc) is 2.28. The molecule has 0 radical (unpaired) electrons. The maximum atomic E-state index is 13.1. The van der Waals surface area contributed by atoms with Crippen molar-refractivity contribution in [2.75, 3.05) is 6.54 Å². The fraction of sp³-hybridized carbons (Fsp3) is 0.417. The van der Waals surface area contributed by atoms with Gasteiger partial charge in [0.15, 0.2) is 0 Å². The molecule has 7 heteroatoms. The molecule has 1 atom stereocenters. The van der Waals surface area contributed by atoms with E-state index in [1.165, 1.54) is 19.1 Å². The van der Waals surface area contributed by atoms with Crippen molar-refractivity contribution in [3.05, 3.63) is 35.6 Å². The van der Waals surface area contributed by atoms with Gasteiger partial charge in [0.2, 0.25) is 0 Å². The van der Waals surface area contributed by atoms with Gasteiger partial charge in [-0.25, -0.2) is 9.18 Å². The summed E-state index contributed by atoms with van der Waals surface area (Å²) in [6.07, 6.45) is -4.70. The maximum absolute atomic E-state index is 13.1. The molecule has 0 bridgehead atoms. The van der Waals surface area contributed by atoms with Crippen molar-refractivity contribution in [2.24, 2.45) is 0 Å². The molecule has 0 spiro atoms. The number of halogens is 4. The number of rotatable bonds is 5. The van der Waals surface area contributed by atoms with Crippen molar-refractivity contribution >= 4 is 5.97 Å². The summed E-state index contributed by atoms with van der Waals surface area (Å²) in [4.78, 5) is 11.3. The Labute approximate surface area is 107 Å². The third kappa shape index (κ3) is 3.66. The van der Waals surface area contributed by atoms with Gasteiger partial charge < -0.3 is 5.11 Å². The molecular weight excluding hydrogens is 266 g/mol. The molecular formula is C12H13F4NO2. The van der Waals surface area contributed by atoms with Gasteiger partial charge in [-0.2, -0.15) is 13.2 Å². The van der Waals surface area contributed by atoms with Crippen LogP contribution >= 0.6 is 0 Å². The predicted molar refractivity (Wildman–Crippen MR) is 60.1 cm³/mol. The third-order valence-corrected chi connectivity index (χ3v) is 2.80. The quantitative estimate of drug-likeness (QED) is 0.815. The van der Waals surface area contributed by atoms with Crippen molar-refractivity contribution < 1.29 is 27.5 Å². The maximum Gasteiger partial charge on any atom is 0.401 e. The van der Waals surface area contributed by atoms with Crippen LogP contribution in [0, 0.1) is 5.82 Å². The first kappa shape index (κ1) is 15.4. The summed E-state index contributed by atoms with van der Waals surface area (Å²) in [7, 11) is 0. The number of nitrogens with one attached hydrogen (secondary N) is 1. The van der Waals surface area contributed by atoms with E-state index in [4.69, 9.17) is 0 Å². The van der Waals surface area contributed by atoms with Gasteiger partial charge in [-0.15, -0.1) is 0 Å². The smallest absolute Gasteiger partial charge is 0.401 e. The lowest BCUT2D eigenvalue weighted by Gasteiger charge is -2.30. The summed E-state index contributed by atoms with van der Waals surface area (Å²) in [5.41, 5.74) is -2.01. The van der Waals surface area contributed by atoms with Crippen LogP contribution in [0.25, 0.3) is 0 Å². The van der Waals surface area contributed by atoms with Crippen LogP contribution in [0.15, 0.2) is 24.3 Å². The van der Waals surface area contributed by atoms with Crippen molar-refractivity contribution in [3.63, 3.8) is 0 Å². The average molecular weight is 279 g/mol. The third-order valence-electron chi connectivity index (χ3n) is 2.80. The molecule has 0 aromatic heterocycles. The van der Waals surface area contributed by atoms with Crippen molar-refractivity contribution in [1.29, 1.82) is 0 Å². The van der Waals surface area contributed by atoms with Gasteiger partial charge in [0.25, 0.3) is 0 Å². The number of hydrogen-bond donors (Lipinski definition) is 2. The Balaban J connectivity index is 3.16. The summed E-state index contributed by atoms with van der Waals surface area (Å²) in [5, 5.41) is 11.2. The molecule has 19 heavy (non-hydrogen) atoms. The van der Waals surface area contributed by atoms with Crippen molar-refractivity contribution in [2.45, 2.75) is 25.1 Å². The second-order valence-corrected chi connectivity index (χ2v) is 4.04. The topological polar surface area (TPSA) is 49.3 Å². The molecule has 1 aromatic carbocycles. The van der Waals surface area contributed by atoms with E-state index >= 15 is 0 Å². The number of carboxylic acid groups (broad SMARTS) is 1. The lowest BCUT2D eigenvalue weighted by molar-refractivity contribution is -0.151. The molecule has 1 aromatic rings.